The van der Waals surface area contributed by atoms with E-state index in [-0.39, 0.29) is 5.91 Å². The number of carbonyl (C=O) groups excluding carboxylic acids is 1. The summed E-state index contributed by atoms with van der Waals surface area (Å²) in [6, 6.07) is 6.11. The van der Waals surface area contributed by atoms with Crippen molar-refractivity contribution in [3.8, 4) is 11.5 Å². The van der Waals surface area contributed by atoms with Gasteiger partial charge in [-0.05, 0) is 25.5 Å². The van der Waals surface area contributed by atoms with Crippen LogP contribution >= 0.6 is 0 Å². The zero-order valence-corrected chi connectivity index (χ0v) is 16.5. The van der Waals surface area contributed by atoms with E-state index in [4.69, 9.17) is 9.47 Å². The molecule has 1 aliphatic heterocycles. The molecule has 2 rings (SSSR count). The van der Waals surface area contributed by atoms with E-state index < -0.39 is 0 Å². The number of rotatable bonds is 10. The van der Waals surface area contributed by atoms with Gasteiger partial charge in [0, 0.05) is 6.54 Å². The standard InChI is InChI=1S/C20H33N3O3/c1-4-6-10-21-19(24)16-23-13-11-22(12-14-23)15-17-8-7-9-18(26-5-2)20(17)25-3/h7-9H,4-6,10-16H2,1-3H3,(H,21,24)/p+2. The Hall–Kier alpha value is -1.79. The summed E-state index contributed by atoms with van der Waals surface area (Å²) in [6.45, 7) is 11.3. The first-order valence-corrected chi connectivity index (χ1v) is 9.90. The number of piperazine rings is 1. The van der Waals surface area contributed by atoms with Gasteiger partial charge in [0.2, 0.25) is 0 Å². The lowest BCUT2D eigenvalue weighted by Crippen LogP contribution is -3.28. The van der Waals surface area contributed by atoms with Crippen LogP contribution in [0.15, 0.2) is 18.2 Å². The third-order valence-corrected chi connectivity index (χ3v) is 4.93. The second kappa shape index (κ2) is 11.0. The van der Waals surface area contributed by atoms with Gasteiger partial charge in [0.1, 0.15) is 32.7 Å². The van der Waals surface area contributed by atoms with Crippen molar-refractivity contribution in [2.45, 2.75) is 33.2 Å². The van der Waals surface area contributed by atoms with Crippen LogP contribution in [0.1, 0.15) is 32.3 Å². The van der Waals surface area contributed by atoms with Gasteiger partial charge < -0.3 is 24.6 Å². The molecule has 0 unspecified atom stereocenters. The summed E-state index contributed by atoms with van der Waals surface area (Å²) in [5.74, 6) is 1.86. The lowest BCUT2D eigenvalue weighted by atomic mass is 10.1. The van der Waals surface area contributed by atoms with Gasteiger partial charge in [0.05, 0.1) is 19.3 Å². The van der Waals surface area contributed by atoms with Crippen molar-refractivity contribution in [1.82, 2.24) is 5.32 Å². The Balaban J connectivity index is 1.82. The van der Waals surface area contributed by atoms with Gasteiger partial charge >= 0.3 is 0 Å². The molecule has 0 aliphatic carbocycles. The van der Waals surface area contributed by atoms with Crippen molar-refractivity contribution in [1.29, 1.82) is 0 Å². The van der Waals surface area contributed by atoms with Crippen molar-refractivity contribution in [2.24, 2.45) is 0 Å². The minimum absolute atomic E-state index is 0.183. The van der Waals surface area contributed by atoms with Crippen LogP contribution in [0.2, 0.25) is 0 Å². The molecule has 6 nitrogen and oxygen atoms in total. The molecule has 0 saturated carbocycles. The fourth-order valence-corrected chi connectivity index (χ4v) is 3.48. The molecule has 1 saturated heterocycles. The van der Waals surface area contributed by atoms with Crippen LogP contribution in [0.4, 0.5) is 0 Å². The van der Waals surface area contributed by atoms with Gasteiger partial charge in [0.15, 0.2) is 18.0 Å². The van der Waals surface area contributed by atoms with Crippen LogP contribution in [-0.4, -0.2) is 58.9 Å². The quantitative estimate of drug-likeness (QED) is 0.481. The summed E-state index contributed by atoms with van der Waals surface area (Å²) in [7, 11) is 1.70. The van der Waals surface area contributed by atoms with E-state index in [0.717, 1.165) is 63.6 Å². The summed E-state index contributed by atoms with van der Waals surface area (Å²) < 4.78 is 11.3. The topological polar surface area (TPSA) is 56.4 Å². The predicted octanol–water partition coefficient (Wildman–Crippen LogP) is -0.706. The van der Waals surface area contributed by atoms with E-state index in [9.17, 15) is 4.79 Å². The molecular formula is C20H35N3O3+2. The fraction of sp³-hybridized carbons (Fsp3) is 0.650. The van der Waals surface area contributed by atoms with Gasteiger partial charge in [-0.25, -0.2) is 0 Å². The lowest BCUT2D eigenvalue weighted by Gasteiger charge is -2.29. The molecule has 1 heterocycles. The fourth-order valence-electron chi connectivity index (χ4n) is 3.48. The van der Waals surface area contributed by atoms with Crippen molar-refractivity contribution >= 4 is 5.91 Å². The first-order valence-electron chi connectivity index (χ1n) is 9.90. The minimum Gasteiger partial charge on any atom is -0.492 e. The summed E-state index contributed by atoms with van der Waals surface area (Å²) in [6.07, 6.45) is 2.17. The first kappa shape index (κ1) is 20.5. The Labute approximate surface area is 157 Å². The van der Waals surface area contributed by atoms with Crippen LogP contribution in [-0.2, 0) is 11.3 Å². The highest BCUT2D eigenvalue weighted by Gasteiger charge is 2.26. The zero-order chi connectivity index (χ0) is 18.8. The van der Waals surface area contributed by atoms with Crippen LogP contribution in [0.5, 0.6) is 11.5 Å². The molecule has 6 heteroatoms. The molecule has 1 amide bonds. The monoisotopic (exact) mass is 365 g/mol. The van der Waals surface area contributed by atoms with Gasteiger partial charge in [-0.15, -0.1) is 0 Å². The SMILES string of the molecule is CCCCNC(=O)C[NH+]1CC[NH+](Cc2cccc(OCC)c2OC)CC1. The Morgan fingerprint density at radius 2 is 1.88 bits per heavy atom. The molecule has 0 bridgehead atoms. The third-order valence-electron chi connectivity index (χ3n) is 4.93. The van der Waals surface area contributed by atoms with Crippen molar-refractivity contribution in [3.63, 3.8) is 0 Å². The molecule has 26 heavy (non-hydrogen) atoms. The van der Waals surface area contributed by atoms with Gasteiger partial charge in [-0.3, -0.25) is 4.79 Å². The van der Waals surface area contributed by atoms with Gasteiger partial charge in [0.25, 0.3) is 5.91 Å². The number of benzene rings is 1. The molecule has 1 aromatic carbocycles. The van der Waals surface area contributed by atoms with Gasteiger partial charge in [-0.2, -0.15) is 0 Å². The molecule has 0 radical (unpaired) electrons. The maximum absolute atomic E-state index is 12.0. The molecule has 0 atom stereocenters. The van der Waals surface area contributed by atoms with Crippen molar-refractivity contribution in [3.05, 3.63) is 23.8 Å². The highest BCUT2D eigenvalue weighted by Crippen LogP contribution is 2.30. The Morgan fingerprint density at radius 1 is 1.15 bits per heavy atom. The summed E-state index contributed by atoms with van der Waals surface area (Å²) in [5, 5.41) is 3.02. The highest BCUT2D eigenvalue weighted by atomic mass is 16.5. The molecule has 0 spiro atoms. The molecule has 146 valence electrons. The first-order chi connectivity index (χ1) is 12.7. The van der Waals surface area contributed by atoms with E-state index in [1.165, 1.54) is 15.4 Å². The second-order valence-corrected chi connectivity index (χ2v) is 6.94. The average Bonchev–Trinajstić information content (AvgIpc) is 2.64. The largest absolute Gasteiger partial charge is 0.492 e. The summed E-state index contributed by atoms with van der Waals surface area (Å²) >= 11 is 0. The number of para-hydroxylation sites is 1. The number of unbranched alkanes of at least 4 members (excludes halogenated alkanes) is 1. The molecule has 3 N–H and O–H groups in total. The minimum atomic E-state index is 0.183. The number of carbonyl (C=O) groups is 1. The zero-order valence-electron chi connectivity index (χ0n) is 16.5. The number of quaternary nitrogens is 2. The normalized spacial score (nSPS) is 19.8. The van der Waals surface area contributed by atoms with Gasteiger partial charge in [-0.1, -0.05) is 19.4 Å². The lowest BCUT2D eigenvalue weighted by molar-refractivity contribution is -1.02. The number of nitrogens with one attached hydrogen (secondary N) is 3. The van der Waals surface area contributed by atoms with E-state index in [0.29, 0.717) is 13.2 Å². The Bertz CT molecular complexity index is 557. The van der Waals surface area contributed by atoms with E-state index in [1.807, 2.05) is 19.1 Å². The predicted molar refractivity (Wildman–Crippen MR) is 102 cm³/mol. The van der Waals surface area contributed by atoms with E-state index >= 15 is 0 Å². The number of amides is 1. The smallest absolute Gasteiger partial charge is 0.275 e. The molecular weight excluding hydrogens is 330 g/mol. The molecule has 1 aliphatic rings. The Morgan fingerprint density at radius 3 is 2.54 bits per heavy atom. The maximum atomic E-state index is 12.0. The summed E-state index contributed by atoms with van der Waals surface area (Å²) in [5.41, 5.74) is 1.19. The Kier molecular flexibility index (Phi) is 8.71. The second-order valence-electron chi connectivity index (χ2n) is 6.94. The number of hydrogen-bond donors (Lipinski definition) is 3. The number of methoxy groups -OCH3 is 1. The maximum Gasteiger partial charge on any atom is 0.275 e. The van der Waals surface area contributed by atoms with Crippen LogP contribution in [0, 0.1) is 0 Å². The average molecular weight is 366 g/mol. The molecule has 0 aromatic heterocycles. The van der Waals surface area contributed by atoms with E-state index in [2.05, 4.69) is 18.3 Å². The van der Waals surface area contributed by atoms with Crippen LogP contribution < -0.4 is 24.6 Å². The molecule has 1 fully saturated rings. The highest BCUT2D eigenvalue weighted by molar-refractivity contribution is 5.76. The van der Waals surface area contributed by atoms with Crippen molar-refractivity contribution < 1.29 is 24.1 Å². The third kappa shape index (κ3) is 6.18. The van der Waals surface area contributed by atoms with E-state index in [1.54, 1.807) is 7.11 Å². The van der Waals surface area contributed by atoms with Crippen LogP contribution in [0.3, 0.4) is 0 Å². The van der Waals surface area contributed by atoms with Crippen LogP contribution in [0.25, 0.3) is 0 Å². The summed E-state index contributed by atoms with van der Waals surface area (Å²) in [4.78, 5) is 14.9. The van der Waals surface area contributed by atoms with Crippen molar-refractivity contribution in [2.75, 3.05) is 53.0 Å². The number of hydrogen-bond acceptors (Lipinski definition) is 3. The number of ether oxygens (including phenoxy) is 2. The molecule has 1 aromatic rings.